The van der Waals surface area contributed by atoms with Gasteiger partial charge >= 0.3 is 0 Å². The molecule has 0 saturated heterocycles. The van der Waals surface area contributed by atoms with Crippen LogP contribution in [0, 0.1) is 6.92 Å². The number of nitrogens with two attached hydrogens (primary N) is 1. The van der Waals surface area contributed by atoms with Gasteiger partial charge in [-0.25, -0.2) is 4.98 Å². The summed E-state index contributed by atoms with van der Waals surface area (Å²) in [6, 6.07) is 3.98. The quantitative estimate of drug-likeness (QED) is 0.908. The Balaban J connectivity index is 2.11. The monoisotopic (exact) mass is 252 g/mol. The van der Waals surface area contributed by atoms with Crippen LogP contribution in [-0.2, 0) is 0 Å². The third-order valence-corrected chi connectivity index (χ3v) is 3.82. The topological polar surface area (TPSA) is 64.7 Å². The molecular formula is C10H12N4S2. The summed E-state index contributed by atoms with van der Waals surface area (Å²) in [5, 5.41) is 9.88. The van der Waals surface area contributed by atoms with Crippen molar-refractivity contribution in [3.8, 4) is 0 Å². The Morgan fingerprint density at radius 1 is 1.38 bits per heavy atom. The van der Waals surface area contributed by atoms with Gasteiger partial charge in [-0.1, -0.05) is 17.4 Å². The summed E-state index contributed by atoms with van der Waals surface area (Å²) < 4.78 is 0.915. The van der Waals surface area contributed by atoms with Crippen LogP contribution in [0.15, 0.2) is 27.7 Å². The summed E-state index contributed by atoms with van der Waals surface area (Å²) in [6.45, 7) is 3.88. The molecule has 0 aliphatic carbocycles. The Bertz CT molecular complexity index is 464. The summed E-state index contributed by atoms with van der Waals surface area (Å²) in [6.07, 6.45) is 1.81. The van der Waals surface area contributed by atoms with Gasteiger partial charge in [-0.2, -0.15) is 0 Å². The Morgan fingerprint density at radius 2 is 2.19 bits per heavy atom. The maximum atomic E-state index is 5.75. The molecule has 0 saturated carbocycles. The minimum atomic E-state index is 0.0234. The van der Waals surface area contributed by atoms with Crippen LogP contribution in [0.25, 0.3) is 0 Å². The highest BCUT2D eigenvalue weighted by Crippen LogP contribution is 2.28. The number of hydrogen-bond acceptors (Lipinski definition) is 6. The summed E-state index contributed by atoms with van der Waals surface area (Å²) in [7, 11) is 0. The second kappa shape index (κ2) is 4.90. The first-order valence-electron chi connectivity index (χ1n) is 4.84. The molecule has 0 radical (unpaired) electrons. The fourth-order valence-electron chi connectivity index (χ4n) is 1.13. The van der Waals surface area contributed by atoms with Crippen molar-refractivity contribution in [1.29, 1.82) is 0 Å². The SMILES string of the molecule is Cc1nnc(Sc2ccc([C@@H](C)N)cn2)s1. The van der Waals surface area contributed by atoms with Crippen molar-refractivity contribution < 1.29 is 0 Å². The number of rotatable bonds is 3. The lowest BCUT2D eigenvalue weighted by Gasteiger charge is -2.04. The molecular weight excluding hydrogens is 240 g/mol. The normalized spacial score (nSPS) is 12.7. The summed E-state index contributed by atoms with van der Waals surface area (Å²) >= 11 is 3.09. The van der Waals surface area contributed by atoms with Crippen molar-refractivity contribution in [3.63, 3.8) is 0 Å². The zero-order chi connectivity index (χ0) is 11.5. The molecule has 2 heterocycles. The van der Waals surface area contributed by atoms with E-state index in [1.165, 1.54) is 11.8 Å². The zero-order valence-corrected chi connectivity index (χ0v) is 10.7. The third-order valence-electron chi connectivity index (χ3n) is 1.98. The van der Waals surface area contributed by atoms with Crippen molar-refractivity contribution in [2.45, 2.75) is 29.3 Å². The van der Waals surface area contributed by atoms with Crippen molar-refractivity contribution in [2.24, 2.45) is 5.73 Å². The van der Waals surface area contributed by atoms with Gasteiger partial charge in [0.2, 0.25) is 0 Å². The van der Waals surface area contributed by atoms with Gasteiger partial charge < -0.3 is 5.73 Å². The highest BCUT2D eigenvalue weighted by atomic mass is 32.2. The molecule has 84 valence electrons. The minimum Gasteiger partial charge on any atom is -0.324 e. The Morgan fingerprint density at radius 3 is 2.69 bits per heavy atom. The molecule has 0 aliphatic rings. The first-order valence-corrected chi connectivity index (χ1v) is 6.48. The molecule has 0 fully saturated rings. The van der Waals surface area contributed by atoms with E-state index >= 15 is 0 Å². The lowest BCUT2D eigenvalue weighted by molar-refractivity contribution is 0.806. The summed E-state index contributed by atoms with van der Waals surface area (Å²) in [5.74, 6) is 0. The van der Waals surface area contributed by atoms with Crippen molar-refractivity contribution in [2.75, 3.05) is 0 Å². The van der Waals surface area contributed by atoms with Gasteiger partial charge in [0, 0.05) is 12.2 Å². The zero-order valence-electron chi connectivity index (χ0n) is 9.04. The molecule has 2 aromatic heterocycles. The fraction of sp³-hybridized carbons (Fsp3) is 0.300. The highest BCUT2D eigenvalue weighted by molar-refractivity contribution is 8.01. The van der Waals surface area contributed by atoms with E-state index in [9.17, 15) is 0 Å². The number of aromatic nitrogens is 3. The van der Waals surface area contributed by atoms with E-state index in [1.54, 1.807) is 17.5 Å². The number of nitrogens with zero attached hydrogens (tertiary/aromatic N) is 3. The highest BCUT2D eigenvalue weighted by Gasteiger charge is 2.05. The van der Waals surface area contributed by atoms with Crippen LogP contribution in [0.3, 0.4) is 0 Å². The van der Waals surface area contributed by atoms with E-state index in [0.29, 0.717) is 0 Å². The van der Waals surface area contributed by atoms with E-state index < -0.39 is 0 Å². The smallest absolute Gasteiger partial charge is 0.180 e. The van der Waals surface area contributed by atoms with Crippen molar-refractivity contribution >= 4 is 23.1 Å². The third kappa shape index (κ3) is 2.78. The average Bonchev–Trinajstić information content (AvgIpc) is 2.65. The Labute approximate surface area is 102 Å². The van der Waals surface area contributed by atoms with Gasteiger partial charge in [0.1, 0.15) is 10.0 Å². The lowest BCUT2D eigenvalue weighted by Crippen LogP contribution is -2.04. The van der Waals surface area contributed by atoms with E-state index in [1.807, 2.05) is 26.0 Å². The Hall–Kier alpha value is -0.980. The van der Waals surface area contributed by atoms with E-state index in [2.05, 4.69) is 15.2 Å². The largest absolute Gasteiger partial charge is 0.324 e. The first-order chi connectivity index (χ1) is 7.65. The molecule has 2 N–H and O–H groups in total. The molecule has 1 atom stereocenters. The predicted octanol–water partition coefficient (Wildman–Crippen LogP) is 2.41. The van der Waals surface area contributed by atoms with Crippen LogP contribution in [-0.4, -0.2) is 15.2 Å². The van der Waals surface area contributed by atoms with Crippen molar-refractivity contribution in [3.05, 3.63) is 28.9 Å². The number of pyridine rings is 1. The standard InChI is InChI=1S/C10H12N4S2/c1-6(11)8-3-4-9(12-5-8)16-10-14-13-7(2)15-10/h3-6H,11H2,1-2H3/t6-/m1/s1. The average molecular weight is 252 g/mol. The second-order valence-corrected chi connectivity index (χ2v) is 5.86. The van der Waals surface area contributed by atoms with E-state index in [0.717, 1.165) is 19.9 Å². The Kier molecular flexibility index (Phi) is 3.52. The molecule has 0 spiro atoms. The maximum Gasteiger partial charge on any atom is 0.180 e. The molecule has 0 bridgehead atoms. The molecule has 0 aliphatic heterocycles. The first kappa shape index (κ1) is 11.5. The molecule has 2 rings (SSSR count). The summed E-state index contributed by atoms with van der Waals surface area (Å²) in [5.41, 5.74) is 6.79. The van der Waals surface area contributed by atoms with Crippen LogP contribution < -0.4 is 5.73 Å². The molecule has 2 aromatic rings. The molecule has 0 aromatic carbocycles. The van der Waals surface area contributed by atoms with Gasteiger partial charge in [0.25, 0.3) is 0 Å². The van der Waals surface area contributed by atoms with Crippen LogP contribution >= 0.6 is 23.1 Å². The van der Waals surface area contributed by atoms with E-state index in [-0.39, 0.29) is 6.04 Å². The van der Waals surface area contributed by atoms with Gasteiger partial charge in [-0.05, 0) is 37.2 Å². The van der Waals surface area contributed by atoms with Gasteiger partial charge in [-0.3, -0.25) is 0 Å². The number of aryl methyl sites for hydroxylation is 1. The van der Waals surface area contributed by atoms with Crippen molar-refractivity contribution in [1.82, 2.24) is 15.2 Å². The molecule has 0 amide bonds. The van der Waals surface area contributed by atoms with Gasteiger partial charge in [0.15, 0.2) is 4.34 Å². The molecule has 0 unspecified atom stereocenters. The second-order valence-electron chi connectivity index (χ2n) is 3.41. The van der Waals surface area contributed by atoms with Crippen LogP contribution in [0.5, 0.6) is 0 Å². The predicted molar refractivity (Wildman–Crippen MR) is 65.6 cm³/mol. The lowest BCUT2D eigenvalue weighted by atomic mass is 10.2. The van der Waals surface area contributed by atoms with Crippen LogP contribution in [0.2, 0.25) is 0 Å². The van der Waals surface area contributed by atoms with E-state index in [4.69, 9.17) is 5.73 Å². The minimum absolute atomic E-state index is 0.0234. The number of hydrogen-bond donors (Lipinski definition) is 1. The fourth-order valence-corrected chi connectivity index (χ4v) is 2.83. The molecule has 6 heteroatoms. The van der Waals surface area contributed by atoms with Crippen LogP contribution in [0.4, 0.5) is 0 Å². The van der Waals surface area contributed by atoms with Crippen LogP contribution in [0.1, 0.15) is 23.5 Å². The molecule has 4 nitrogen and oxygen atoms in total. The van der Waals surface area contributed by atoms with Gasteiger partial charge in [-0.15, -0.1) is 10.2 Å². The van der Waals surface area contributed by atoms with Gasteiger partial charge in [0.05, 0.1) is 0 Å². The summed E-state index contributed by atoms with van der Waals surface area (Å²) in [4.78, 5) is 4.33. The maximum absolute atomic E-state index is 5.75. The molecule has 16 heavy (non-hydrogen) atoms.